The largest absolute Gasteiger partial charge is 0.380 e. The highest BCUT2D eigenvalue weighted by molar-refractivity contribution is 5.78. The summed E-state index contributed by atoms with van der Waals surface area (Å²) in [6.07, 6.45) is 0.263. The lowest BCUT2D eigenvalue weighted by Crippen LogP contribution is -2.28. The average molecular weight is 367 g/mol. The summed E-state index contributed by atoms with van der Waals surface area (Å²) in [4.78, 5) is 24.8. The van der Waals surface area contributed by atoms with E-state index in [1.165, 1.54) is 0 Å². The normalized spacial score (nSPS) is 11.0. The number of carbonyl (C=O) groups excluding carboxylic acids is 1. The second kappa shape index (κ2) is 8.68. The molecule has 0 unspecified atom stereocenters. The second-order valence-corrected chi connectivity index (χ2v) is 6.44. The zero-order chi connectivity index (χ0) is 19.2. The number of aryl methyl sites for hydroxylation is 2. The van der Waals surface area contributed by atoms with Crippen LogP contribution >= 0.6 is 0 Å². The van der Waals surface area contributed by atoms with Gasteiger partial charge in [-0.25, -0.2) is 4.79 Å². The SMILES string of the molecule is CCn1c(=O)n(CCC(=O)NCc2ccc(COC)cc2)c2ccccc21. The molecule has 6 nitrogen and oxygen atoms in total. The van der Waals surface area contributed by atoms with Gasteiger partial charge in [0, 0.05) is 33.2 Å². The van der Waals surface area contributed by atoms with Crippen molar-refractivity contribution < 1.29 is 9.53 Å². The number of hydrogen-bond donors (Lipinski definition) is 1. The van der Waals surface area contributed by atoms with Gasteiger partial charge in [0.25, 0.3) is 0 Å². The quantitative estimate of drug-likeness (QED) is 0.666. The summed E-state index contributed by atoms with van der Waals surface area (Å²) in [5.41, 5.74) is 3.83. The highest BCUT2D eigenvalue weighted by Crippen LogP contribution is 2.13. The van der Waals surface area contributed by atoms with Gasteiger partial charge in [0.1, 0.15) is 0 Å². The van der Waals surface area contributed by atoms with Gasteiger partial charge in [-0.2, -0.15) is 0 Å². The van der Waals surface area contributed by atoms with Crippen LogP contribution in [-0.2, 0) is 35.8 Å². The topological polar surface area (TPSA) is 65.3 Å². The fraction of sp³-hybridized carbons (Fsp3) is 0.333. The minimum atomic E-state index is -0.0730. The molecule has 1 aromatic heterocycles. The molecule has 0 aliphatic carbocycles. The van der Waals surface area contributed by atoms with Crippen LogP contribution in [0.15, 0.2) is 53.3 Å². The number of methoxy groups -OCH3 is 1. The number of nitrogens with zero attached hydrogens (tertiary/aromatic N) is 2. The summed E-state index contributed by atoms with van der Waals surface area (Å²) in [5.74, 6) is -0.0730. The monoisotopic (exact) mass is 367 g/mol. The first-order valence-corrected chi connectivity index (χ1v) is 9.15. The van der Waals surface area contributed by atoms with Gasteiger partial charge in [-0.1, -0.05) is 36.4 Å². The molecule has 0 radical (unpaired) electrons. The predicted octanol–water partition coefficient (Wildman–Crippen LogP) is 2.68. The Morgan fingerprint density at radius 3 is 2.26 bits per heavy atom. The first-order chi connectivity index (χ1) is 13.1. The van der Waals surface area contributed by atoms with E-state index in [0.29, 0.717) is 26.2 Å². The molecule has 0 saturated carbocycles. The molecule has 6 heteroatoms. The average Bonchev–Trinajstić information content (AvgIpc) is 2.96. The van der Waals surface area contributed by atoms with Crippen LogP contribution in [-0.4, -0.2) is 22.2 Å². The van der Waals surface area contributed by atoms with Crippen LogP contribution in [0.5, 0.6) is 0 Å². The minimum absolute atomic E-state index is 0.0692. The van der Waals surface area contributed by atoms with Crippen molar-refractivity contribution in [2.75, 3.05) is 7.11 Å². The van der Waals surface area contributed by atoms with Crippen LogP contribution in [0.1, 0.15) is 24.5 Å². The maximum Gasteiger partial charge on any atom is 0.329 e. The van der Waals surface area contributed by atoms with Gasteiger partial charge >= 0.3 is 5.69 Å². The number of fused-ring (bicyclic) bond motifs is 1. The van der Waals surface area contributed by atoms with Crippen molar-refractivity contribution >= 4 is 16.9 Å². The molecule has 2 aromatic carbocycles. The number of ether oxygens (including phenoxy) is 1. The summed E-state index contributed by atoms with van der Waals surface area (Å²) >= 11 is 0. The maximum atomic E-state index is 12.6. The number of aromatic nitrogens is 2. The van der Waals surface area contributed by atoms with Crippen LogP contribution in [0.4, 0.5) is 0 Å². The van der Waals surface area contributed by atoms with Gasteiger partial charge in [-0.3, -0.25) is 13.9 Å². The lowest BCUT2D eigenvalue weighted by molar-refractivity contribution is -0.121. The smallest absolute Gasteiger partial charge is 0.329 e. The van der Waals surface area contributed by atoms with Gasteiger partial charge in [0.2, 0.25) is 5.91 Å². The third-order valence-corrected chi connectivity index (χ3v) is 4.63. The fourth-order valence-electron chi connectivity index (χ4n) is 3.22. The van der Waals surface area contributed by atoms with Crippen LogP contribution in [0, 0.1) is 0 Å². The standard InChI is InChI=1S/C21H25N3O3/c1-3-23-18-6-4-5-7-19(18)24(21(23)26)13-12-20(25)22-14-16-8-10-17(11-9-16)15-27-2/h4-11H,3,12-15H2,1-2H3,(H,22,25). The van der Waals surface area contributed by atoms with E-state index in [1.807, 2.05) is 55.5 Å². The molecule has 0 saturated heterocycles. The fourth-order valence-corrected chi connectivity index (χ4v) is 3.22. The molecule has 27 heavy (non-hydrogen) atoms. The number of benzene rings is 2. The Morgan fingerprint density at radius 2 is 1.63 bits per heavy atom. The highest BCUT2D eigenvalue weighted by Gasteiger charge is 2.12. The number of amides is 1. The van der Waals surface area contributed by atoms with E-state index in [-0.39, 0.29) is 18.0 Å². The molecule has 0 aliphatic heterocycles. The number of rotatable bonds is 8. The van der Waals surface area contributed by atoms with Crippen molar-refractivity contribution in [3.8, 4) is 0 Å². The Bertz CT molecular complexity index is 970. The van der Waals surface area contributed by atoms with Crippen molar-refractivity contribution in [2.45, 2.75) is 39.6 Å². The molecule has 0 spiro atoms. The van der Waals surface area contributed by atoms with Crippen LogP contribution < -0.4 is 11.0 Å². The third kappa shape index (κ3) is 4.28. The zero-order valence-corrected chi connectivity index (χ0v) is 15.8. The molecule has 0 atom stereocenters. The zero-order valence-electron chi connectivity index (χ0n) is 15.8. The number of para-hydroxylation sites is 2. The Labute approximate surface area is 158 Å². The van der Waals surface area contributed by atoms with E-state index < -0.39 is 0 Å². The van der Waals surface area contributed by atoms with Crippen molar-refractivity contribution in [2.24, 2.45) is 0 Å². The summed E-state index contributed by atoms with van der Waals surface area (Å²) in [6.45, 7) is 3.97. The van der Waals surface area contributed by atoms with Gasteiger partial charge in [0.05, 0.1) is 17.6 Å². The summed E-state index contributed by atoms with van der Waals surface area (Å²) in [6, 6.07) is 15.6. The van der Waals surface area contributed by atoms with Crippen molar-refractivity contribution in [3.05, 3.63) is 70.1 Å². The van der Waals surface area contributed by atoms with E-state index in [4.69, 9.17) is 4.74 Å². The predicted molar refractivity (Wildman–Crippen MR) is 105 cm³/mol. The molecule has 1 N–H and O–H groups in total. The number of imidazole rings is 1. The Hall–Kier alpha value is -2.86. The first-order valence-electron chi connectivity index (χ1n) is 9.15. The van der Waals surface area contributed by atoms with Crippen molar-refractivity contribution in [1.29, 1.82) is 0 Å². The Kier molecular flexibility index (Phi) is 6.08. The molecule has 142 valence electrons. The minimum Gasteiger partial charge on any atom is -0.380 e. The van der Waals surface area contributed by atoms with E-state index in [9.17, 15) is 9.59 Å². The van der Waals surface area contributed by atoms with E-state index in [0.717, 1.165) is 22.2 Å². The van der Waals surface area contributed by atoms with E-state index in [1.54, 1.807) is 16.2 Å². The van der Waals surface area contributed by atoms with Gasteiger partial charge in [-0.05, 0) is 30.2 Å². The summed E-state index contributed by atoms with van der Waals surface area (Å²) in [5, 5.41) is 2.92. The molecule has 1 heterocycles. The molecular weight excluding hydrogens is 342 g/mol. The van der Waals surface area contributed by atoms with E-state index in [2.05, 4.69) is 5.32 Å². The lowest BCUT2D eigenvalue weighted by Gasteiger charge is -2.07. The molecule has 3 aromatic rings. The lowest BCUT2D eigenvalue weighted by atomic mass is 10.1. The Balaban J connectivity index is 1.60. The number of hydrogen-bond acceptors (Lipinski definition) is 3. The molecule has 0 fully saturated rings. The second-order valence-electron chi connectivity index (χ2n) is 6.44. The van der Waals surface area contributed by atoms with Gasteiger partial charge < -0.3 is 10.1 Å². The van der Waals surface area contributed by atoms with Crippen molar-refractivity contribution in [3.63, 3.8) is 0 Å². The molecule has 3 rings (SSSR count). The number of nitrogens with one attached hydrogen (secondary N) is 1. The highest BCUT2D eigenvalue weighted by atomic mass is 16.5. The first kappa shape index (κ1) is 18.9. The molecule has 0 bridgehead atoms. The molecule has 0 aliphatic rings. The molecule has 1 amide bonds. The van der Waals surface area contributed by atoms with Crippen LogP contribution in [0.2, 0.25) is 0 Å². The molecular formula is C21H25N3O3. The van der Waals surface area contributed by atoms with E-state index >= 15 is 0 Å². The number of carbonyl (C=O) groups is 1. The summed E-state index contributed by atoms with van der Waals surface area (Å²) < 4.78 is 8.50. The van der Waals surface area contributed by atoms with Gasteiger partial charge in [-0.15, -0.1) is 0 Å². The Morgan fingerprint density at radius 1 is 1.00 bits per heavy atom. The third-order valence-electron chi connectivity index (χ3n) is 4.63. The van der Waals surface area contributed by atoms with Crippen molar-refractivity contribution in [1.82, 2.24) is 14.5 Å². The van der Waals surface area contributed by atoms with Gasteiger partial charge in [0.15, 0.2) is 0 Å². The maximum absolute atomic E-state index is 12.6. The summed E-state index contributed by atoms with van der Waals surface area (Å²) in [7, 11) is 1.66. The van der Waals surface area contributed by atoms with Crippen LogP contribution in [0.25, 0.3) is 11.0 Å². The van der Waals surface area contributed by atoms with Crippen LogP contribution in [0.3, 0.4) is 0 Å².